The van der Waals surface area contributed by atoms with Crippen LogP contribution in [0, 0.1) is 0 Å². The largest absolute Gasteiger partial charge is 0.497 e. The van der Waals surface area contributed by atoms with Crippen LogP contribution in [0.3, 0.4) is 0 Å². The van der Waals surface area contributed by atoms with E-state index in [1.807, 2.05) is 41.3 Å². The number of rotatable bonds is 6. The van der Waals surface area contributed by atoms with Gasteiger partial charge < -0.3 is 14.2 Å². The highest BCUT2D eigenvalue weighted by atomic mass is 16.5. The van der Waals surface area contributed by atoms with Crippen molar-refractivity contribution in [3.8, 4) is 17.1 Å². The van der Waals surface area contributed by atoms with E-state index < -0.39 is 0 Å². The molecule has 1 saturated heterocycles. The Kier molecular flexibility index (Phi) is 6.35. The van der Waals surface area contributed by atoms with Gasteiger partial charge in [-0.3, -0.25) is 4.79 Å². The van der Waals surface area contributed by atoms with Gasteiger partial charge in [-0.05, 0) is 42.0 Å². The van der Waals surface area contributed by atoms with Crippen molar-refractivity contribution in [1.82, 2.24) is 15.0 Å². The summed E-state index contributed by atoms with van der Waals surface area (Å²) in [6, 6.07) is 15.9. The highest BCUT2D eigenvalue weighted by Gasteiger charge is 2.28. The smallest absolute Gasteiger partial charge is 0.231 e. The summed E-state index contributed by atoms with van der Waals surface area (Å²) in [5.74, 6) is 2.65. The second-order valence-electron chi connectivity index (χ2n) is 8.44. The van der Waals surface area contributed by atoms with E-state index in [0.717, 1.165) is 36.3 Å². The maximum Gasteiger partial charge on any atom is 0.231 e. The molecular weight excluding hydrogens is 390 g/mol. The second kappa shape index (κ2) is 9.33. The Morgan fingerprint density at radius 1 is 1.23 bits per heavy atom. The molecule has 0 radical (unpaired) electrons. The van der Waals surface area contributed by atoms with E-state index in [2.05, 4.69) is 36.1 Å². The van der Waals surface area contributed by atoms with Crippen LogP contribution in [0.15, 0.2) is 53.1 Å². The minimum atomic E-state index is 0.0687. The van der Waals surface area contributed by atoms with E-state index in [1.54, 1.807) is 7.11 Å². The van der Waals surface area contributed by atoms with Crippen LogP contribution >= 0.6 is 0 Å². The zero-order chi connectivity index (χ0) is 21.8. The number of hydrogen-bond acceptors (Lipinski definition) is 5. The normalized spacial score (nSPS) is 16.5. The molecule has 1 atom stereocenters. The maximum absolute atomic E-state index is 12.9. The predicted molar refractivity (Wildman–Crippen MR) is 119 cm³/mol. The molecule has 0 N–H and O–H groups in total. The van der Waals surface area contributed by atoms with Crippen LogP contribution in [0.25, 0.3) is 11.4 Å². The lowest BCUT2D eigenvalue weighted by molar-refractivity contribution is -0.131. The van der Waals surface area contributed by atoms with Gasteiger partial charge in [0.05, 0.1) is 19.4 Å². The van der Waals surface area contributed by atoms with Crippen LogP contribution < -0.4 is 4.74 Å². The van der Waals surface area contributed by atoms with Crippen LogP contribution in [0.5, 0.6) is 5.75 Å². The third-order valence-electron chi connectivity index (χ3n) is 5.89. The molecule has 1 aliphatic heterocycles. The molecule has 4 rings (SSSR count). The summed E-state index contributed by atoms with van der Waals surface area (Å²) in [6.07, 6.45) is 2.23. The monoisotopic (exact) mass is 419 g/mol. The van der Waals surface area contributed by atoms with Crippen LogP contribution in [0.2, 0.25) is 0 Å². The number of methoxy groups -OCH3 is 1. The van der Waals surface area contributed by atoms with Gasteiger partial charge in [0.25, 0.3) is 0 Å². The average Bonchev–Trinajstić information content (AvgIpc) is 3.30. The van der Waals surface area contributed by atoms with Crippen molar-refractivity contribution in [3.63, 3.8) is 0 Å². The third kappa shape index (κ3) is 4.95. The third-order valence-corrected chi connectivity index (χ3v) is 5.89. The molecule has 0 aliphatic carbocycles. The Balaban J connectivity index is 1.42. The van der Waals surface area contributed by atoms with Crippen molar-refractivity contribution in [2.45, 2.75) is 44.9 Å². The van der Waals surface area contributed by atoms with Gasteiger partial charge in [0.1, 0.15) is 5.75 Å². The van der Waals surface area contributed by atoms with Crippen molar-refractivity contribution in [2.24, 2.45) is 0 Å². The molecule has 3 aromatic rings. The standard InChI is InChI=1S/C25H29N3O3/c1-17(2)19-9-11-20(12-10-19)24-26-25(31-27-24)21-7-5-13-28(16-21)23(29)15-18-6-4-8-22(14-18)30-3/h4,6,8-12,14,17,21H,5,7,13,15-16H2,1-3H3/t21-/m1/s1. The molecule has 1 amide bonds. The van der Waals surface area contributed by atoms with E-state index in [9.17, 15) is 4.79 Å². The molecule has 1 aliphatic rings. The molecule has 31 heavy (non-hydrogen) atoms. The Hall–Kier alpha value is -3.15. The van der Waals surface area contributed by atoms with Crippen molar-refractivity contribution < 1.29 is 14.1 Å². The van der Waals surface area contributed by atoms with Gasteiger partial charge in [-0.15, -0.1) is 0 Å². The number of nitrogens with zero attached hydrogens (tertiary/aromatic N) is 3. The Morgan fingerprint density at radius 3 is 2.77 bits per heavy atom. The highest BCUT2D eigenvalue weighted by Crippen LogP contribution is 2.28. The van der Waals surface area contributed by atoms with Gasteiger partial charge in [-0.1, -0.05) is 55.4 Å². The van der Waals surface area contributed by atoms with Crippen molar-refractivity contribution >= 4 is 5.91 Å². The van der Waals surface area contributed by atoms with E-state index in [-0.39, 0.29) is 11.8 Å². The van der Waals surface area contributed by atoms with Crippen molar-refractivity contribution in [1.29, 1.82) is 0 Å². The summed E-state index contributed by atoms with van der Waals surface area (Å²) < 4.78 is 10.9. The molecular formula is C25H29N3O3. The van der Waals surface area contributed by atoms with Crippen LogP contribution in [0.1, 0.15) is 55.5 Å². The lowest BCUT2D eigenvalue weighted by Crippen LogP contribution is -2.40. The van der Waals surface area contributed by atoms with Crippen molar-refractivity contribution in [2.75, 3.05) is 20.2 Å². The molecule has 2 aromatic carbocycles. The molecule has 1 fully saturated rings. The summed E-state index contributed by atoms with van der Waals surface area (Å²) in [5, 5.41) is 4.19. The summed E-state index contributed by atoms with van der Waals surface area (Å²) in [6.45, 7) is 5.71. The zero-order valence-corrected chi connectivity index (χ0v) is 18.4. The van der Waals surface area contributed by atoms with E-state index in [1.165, 1.54) is 5.56 Å². The van der Waals surface area contributed by atoms with E-state index in [0.29, 0.717) is 30.6 Å². The van der Waals surface area contributed by atoms with Crippen LogP contribution in [-0.2, 0) is 11.2 Å². The zero-order valence-electron chi connectivity index (χ0n) is 18.4. The van der Waals surface area contributed by atoms with Gasteiger partial charge in [-0.25, -0.2) is 0 Å². The molecule has 6 nitrogen and oxygen atoms in total. The molecule has 6 heteroatoms. The summed E-state index contributed by atoms with van der Waals surface area (Å²) in [7, 11) is 1.63. The van der Waals surface area contributed by atoms with E-state index >= 15 is 0 Å². The molecule has 0 bridgehead atoms. The molecule has 0 saturated carbocycles. The number of amides is 1. The fourth-order valence-electron chi connectivity index (χ4n) is 4.01. The Labute approximate surface area is 183 Å². The van der Waals surface area contributed by atoms with Gasteiger partial charge in [0.15, 0.2) is 0 Å². The van der Waals surface area contributed by atoms with Crippen molar-refractivity contribution in [3.05, 3.63) is 65.5 Å². The molecule has 2 heterocycles. The van der Waals surface area contributed by atoms with E-state index in [4.69, 9.17) is 9.26 Å². The number of ether oxygens (including phenoxy) is 1. The predicted octanol–water partition coefficient (Wildman–Crippen LogP) is 4.82. The van der Waals surface area contributed by atoms with Gasteiger partial charge in [0.2, 0.25) is 17.6 Å². The van der Waals surface area contributed by atoms with Crippen LogP contribution in [0.4, 0.5) is 0 Å². The quantitative estimate of drug-likeness (QED) is 0.573. The molecule has 1 aromatic heterocycles. The minimum Gasteiger partial charge on any atom is -0.497 e. The lowest BCUT2D eigenvalue weighted by Gasteiger charge is -2.31. The average molecular weight is 420 g/mol. The first-order valence-electron chi connectivity index (χ1n) is 10.9. The highest BCUT2D eigenvalue weighted by molar-refractivity contribution is 5.79. The fraction of sp³-hybridized carbons (Fsp3) is 0.400. The first-order valence-corrected chi connectivity index (χ1v) is 10.9. The summed E-state index contributed by atoms with van der Waals surface area (Å²) >= 11 is 0. The van der Waals surface area contributed by atoms with Gasteiger partial charge in [0, 0.05) is 18.7 Å². The number of carbonyl (C=O) groups is 1. The van der Waals surface area contributed by atoms with Crippen LogP contribution in [-0.4, -0.2) is 41.1 Å². The minimum absolute atomic E-state index is 0.0687. The number of aromatic nitrogens is 2. The molecule has 0 unspecified atom stereocenters. The summed E-state index contributed by atoms with van der Waals surface area (Å²) in [4.78, 5) is 19.4. The topological polar surface area (TPSA) is 68.5 Å². The first-order chi connectivity index (χ1) is 15.0. The molecule has 162 valence electrons. The number of benzene rings is 2. The first kappa shape index (κ1) is 21.1. The van der Waals surface area contributed by atoms with Gasteiger partial charge >= 0.3 is 0 Å². The summed E-state index contributed by atoms with van der Waals surface area (Å²) in [5.41, 5.74) is 3.18. The Morgan fingerprint density at radius 2 is 2.03 bits per heavy atom. The maximum atomic E-state index is 12.9. The molecule has 0 spiro atoms. The fourth-order valence-corrected chi connectivity index (χ4v) is 4.01. The van der Waals surface area contributed by atoms with Gasteiger partial charge in [-0.2, -0.15) is 4.98 Å². The SMILES string of the molecule is COc1cccc(CC(=O)N2CCC[C@@H](c3nc(-c4ccc(C(C)C)cc4)no3)C2)c1. The number of piperidine rings is 1. The number of carbonyl (C=O) groups excluding carboxylic acids is 1. The lowest BCUT2D eigenvalue weighted by atomic mass is 9.97. The second-order valence-corrected chi connectivity index (χ2v) is 8.44. The number of hydrogen-bond donors (Lipinski definition) is 0. The number of likely N-dealkylation sites (tertiary alicyclic amines) is 1. The Bertz CT molecular complexity index is 1030.